The fourth-order valence-corrected chi connectivity index (χ4v) is 4.28. The third-order valence-electron chi connectivity index (χ3n) is 4.31. The zero-order valence-electron chi connectivity index (χ0n) is 15.7. The number of aryl methyl sites for hydroxylation is 2. The topological polar surface area (TPSA) is 75.3 Å². The van der Waals surface area contributed by atoms with Crippen LogP contribution in [0.4, 0.5) is 15.8 Å². The number of benzene rings is 3. The van der Waals surface area contributed by atoms with Crippen molar-refractivity contribution < 1.29 is 17.6 Å². The summed E-state index contributed by atoms with van der Waals surface area (Å²) in [4.78, 5) is 12.5. The molecule has 0 aliphatic carbocycles. The predicted octanol–water partition coefficient (Wildman–Crippen LogP) is 5.15. The van der Waals surface area contributed by atoms with Crippen molar-refractivity contribution >= 4 is 38.9 Å². The van der Waals surface area contributed by atoms with E-state index < -0.39 is 21.7 Å². The van der Waals surface area contributed by atoms with Gasteiger partial charge in [-0.25, -0.2) is 12.8 Å². The molecule has 0 unspecified atom stereocenters. The molecule has 8 heteroatoms. The second-order valence-corrected chi connectivity index (χ2v) is 8.54. The highest BCUT2D eigenvalue weighted by Gasteiger charge is 2.20. The van der Waals surface area contributed by atoms with Gasteiger partial charge in [0.15, 0.2) is 0 Å². The molecule has 0 radical (unpaired) electrons. The van der Waals surface area contributed by atoms with Crippen molar-refractivity contribution in [2.24, 2.45) is 0 Å². The zero-order valence-corrected chi connectivity index (χ0v) is 17.2. The molecule has 3 rings (SSSR count). The number of amides is 1. The van der Waals surface area contributed by atoms with Crippen LogP contribution >= 0.6 is 11.6 Å². The Morgan fingerprint density at radius 1 is 0.966 bits per heavy atom. The average molecular weight is 433 g/mol. The molecule has 1 amide bonds. The molecule has 0 aromatic heterocycles. The van der Waals surface area contributed by atoms with E-state index in [2.05, 4.69) is 10.0 Å². The molecule has 0 aliphatic heterocycles. The minimum atomic E-state index is -3.91. The number of halogens is 2. The molecule has 0 aliphatic rings. The normalized spacial score (nSPS) is 11.2. The van der Waals surface area contributed by atoms with Crippen LogP contribution in [0.25, 0.3) is 0 Å². The van der Waals surface area contributed by atoms with Crippen LogP contribution in [-0.2, 0) is 10.0 Å². The molecule has 0 bridgehead atoms. The van der Waals surface area contributed by atoms with Gasteiger partial charge in [0.05, 0.1) is 15.6 Å². The number of carbonyl (C=O) groups excluding carboxylic acids is 1. The number of sulfonamides is 1. The van der Waals surface area contributed by atoms with Gasteiger partial charge in [-0.15, -0.1) is 0 Å². The smallest absolute Gasteiger partial charge is 0.262 e. The molecule has 3 aromatic carbocycles. The Balaban J connectivity index is 1.89. The summed E-state index contributed by atoms with van der Waals surface area (Å²) in [6.07, 6.45) is 0. The van der Waals surface area contributed by atoms with Gasteiger partial charge in [-0.05, 0) is 61.4 Å². The van der Waals surface area contributed by atoms with E-state index in [0.29, 0.717) is 16.9 Å². The molecule has 2 N–H and O–H groups in total. The molecule has 0 saturated carbocycles. The molecular formula is C21H18ClFN2O3S. The largest absolute Gasteiger partial charge is 0.322 e. The summed E-state index contributed by atoms with van der Waals surface area (Å²) in [5, 5.41) is 2.45. The Kier molecular flexibility index (Phi) is 5.91. The molecule has 29 heavy (non-hydrogen) atoms. The van der Waals surface area contributed by atoms with Gasteiger partial charge in [0, 0.05) is 11.3 Å². The predicted molar refractivity (Wildman–Crippen MR) is 113 cm³/mol. The summed E-state index contributed by atoms with van der Waals surface area (Å²) in [7, 11) is -3.91. The Morgan fingerprint density at radius 3 is 2.38 bits per heavy atom. The van der Waals surface area contributed by atoms with E-state index in [-0.39, 0.29) is 15.5 Å². The van der Waals surface area contributed by atoms with E-state index in [0.717, 1.165) is 11.6 Å². The van der Waals surface area contributed by atoms with Crippen molar-refractivity contribution in [2.45, 2.75) is 18.7 Å². The molecule has 0 heterocycles. The summed E-state index contributed by atoms with van der Waals surface area (Å²) < 4.78 is 41.6. The van der Waals surface area contributed by atoms with Crippen molar-refractivity contribution in [1.29, 1.82) is 0 Å². The van der Waals surface area contributed by atoms with E-state index in [1.165, 1.54) is 24.3 Å². The number of hydrogen-bond donors (Lipinski definition) is 2. The summed E-state index contributed by atoms with van der Waals surface area (Å²) >= 11 is 5.73. The molecule has 5 nitrogen and oxygen atoms in total. The van der Waals surface area contributed by atoms with Crippen LogP contribution < -0.4 is 10.0 Å². The van der Waals surface area contributed by atoms with E-state index in [1.807, 2.05) is 6.07 Å². The van der Waals surface area contributed by atoms with Crippen molar-refractivity contribution in [1.82, 2.24) is 0 Å². The second kappa shape index (κ2) is 8.23. The van der Waals surface area contributed by atoms with Gasteiger partial charge in [-0.3, -0.25) is 9.52 Å². The monoisotopic (exact) mass is 432 g/mol. The molecule has 0 fully saturated rings. The summed E-state index contributed by atoms with van der Waals surface area (Å²) in [6.45, 7) is 3.44. The quantitative estimate of drug-likeness (QED) is 0.585. The Labute approximate surface area is 173 Å². The van der Waals surface area contributed by atoms with Crippen LogP contribution in [-0.4, -0.2) is 14.3 Å². The standard InChI is InChI=1S/C21H18ClFN2O3S/c1-13-5-3-4-6-19(13)25-29(27,28)20-11-15(8-7-14(20)2)21(26)24-16-9-10-18(23)17(22)12-16/h3-12,25H,1-2H3,(H,24,26). The van der Waals surface area contributed by atoms with Gasteiger partial charge in [-0.1, -0.05) is 35.9 Å². The lowest BCUT2D eigenvalue weighted by molar-refractivity contribution is 0.102. The van der Waals surface area contributed by atoms with Crippen LogP contribution in [0.3, 0.4) is 0 Å². The highest BCUT2D eigenvalue weighted by Crippen LogP contribution is 2.24. The fraction of sp³-hybridized carbons (Fsp3) is 0.0952. The highest BCUT2D eigenvalue weighted by molar-refractivity contribution is 7.92. The first-order valence-electron chi connectivity index (χ1n) is 8.63. The lowest BCUT2D eigenvalue weighted by Crippen LogP contribution is -2.17. The third kappa shape index (κ3) is 4.75. The summed E-state index contributed by atoms with van der Waals surface area (Å²) in [6, 6.07) is 15.2. The van der Waals surface area contributed by atoms with Crippen molar-refractivity contribution in [3.05, 3.63) is 88.2 Å². The number of anilines is 2. The van der Waals surface area contributed by atoms with E-state index in [4.69, 9.17) is 11.6 Å². The maximum atomic E-state index is 13.3. The lowest BCUT2D eigenvalue weighted by Gasteiger charge is -2.13. The van der Waals surface area contributed by atoms with Crippen LogP contribution in [0.5, 0.6) is 0 Å². The number of nitrogens with one attached hydrogen (secondary N) is 2. The maximum absolute atomic E-state index is 13.3. The van der Waals surface area contributed by atoms with Crippen LogP contribution in [0.1, 0.15) is 21.5 Å². The van der Waals surface area contributed by atoms with Gasteiger partial charge in [0.1, 0.15) is 5.82 Å². The minimum absolute atomic E-state index is 0.00876. The molecule has 0 saturated heterocycles. The zero-order chi connectivity index (χ0) is 21.2. The van der Waals surface area contributed by atoms with Gasteiger partial charge < -0.3 is 5.32 Å². The first-order chi connectivity index (χ1) is 13.7. The fourth-order valence-electron chi connectivity index (χ4n) is 2.70. The van der Waals surface area contributed by atoms with Crippen LogP contribution in [0, 0.1) is 19.7 Å². The minimum Gasteiger partial charge on any atom is -0.322 e. The highest BCUT2D eigenvalue weighted by atomic mass is 35.5. The maximum Gasteiger partial charge on any atom is 0.262 e. The molecule has 3 aromatic rings. The Bertz CT molecular complexity index is 1200. The van der Waals surface area contributed by atoms with Gasteiger partial charge >= 0.3 is 0 Å². The lowest BCUT2D eigenvalue weighted by atomic mass is 10.1. The number of rotatable bonds is 5. The van der Waals surface area contributed by atoms with Crippen molar-refractivity contribution in [3.8, 4) is 0 Å². The second-order valence-electron chi connectivity index (χ2n) is 6.48. The Morgan fingerprint density at radius 2 is 1.69 bits per heavy atom. The molecule has 0 atom stereocenters. The number of carbonyl (C=O) groups is 1. The number of hydrogen-bond acceptors (Lipinski definition) is 3. The Hall–Kier alpha value is -2.90. The van der Waals surface area contributed by atoms with E-state index in [1.54, 1.807) is 38.1 Å². The summed E-state index contributed by atoms with van der Waals surface area (Å²) in [5.74, 6) is -1.14. The van der Waals surface area contributed by atoms with Gasteiger partial charge in [0.2, 0.25) is 0 Å². The van der Waals surface area contributed by atoms with Crippen molar-refractivity contribution in [2.75, 3.05) is 10.0 Å². The van der Waals surface area contributed by atoms with Crippen LogP contribution in [0.2, 0.25) is 5.02 Å². The summed E-state index contributed by atoms with van der Waals surface area (Å²) in [5.41, 5.74) is 2.16. The first-order valence-corrected chi connectivity index (χ1v) is 10.5. The van der Waals surface area contributed by atoms with Gasteiger partial charge in [0.25, 0.3) is 15.9 Å². The van der Waals surface area contributed by atoms with Crippen LogP contribution in [0.15, 0.2) is 65.6 Å². The molecular weight excluding hydrogens is 415 g/mol. The molecule has 0 spiro atoms. The van der Waals surface area contributed by atoms with Gasteiger partial charge in [-0.2, -0.15) is 0 Å². The average Bonchev–Trinajstić information content (AvgIpc) is 2.66. The first kappa shape index (κ1) is 20.8. The number of para-hydroxylation sites is 1. The molecule has 150 valence electrons. The van der Waals surface area contributed by atoms with E-state index >= 15 is 0 Å². The third-order valence-corrected chi connectivity index (χ3v) is 6.10. The SMILES string of the molecule is Cc1ccccc1NS(=O)(=O)c1cc(C(=O)Nc2ccc(F)c(Cl)c2)ccc1C. The van der Waals surface area contributed by atoms with Crippen molar-refractivity contribution in [3.63, 3.8) is 0 Å². The van der Waals surface area contributed by atoms with E-state index in [9.17, 15) is 17.6 Å².